The molecule has 1 aromatic heterocycles. The summed E-state index contributed by atoms with van der Waals surface area (Å²) in [6.07, 6.45) is 3.75. The van der Waals surface area contributed by atoms with Gasteiger partial charge in [0.2, 0.25) is 0 Å². The Kier molecular flexibility index (Phi) is 3.20. The van der Waals surface area contributed by atoms with Crippen molar-refractivity contribution in [1.82, 2.24) is 0 Å². The summed E-state index contributed by atoms with van der Waals surface area (Å²) in [4.78, 5) is 10.8. The molecule has 0 saturated carbocycles. The van der Waals surface area contributed by atoms with Crippen LogP contribution in [0.25, 0.3) is 11.1 Å². The van der Waals surface area contributed by atoms with Crippen LogP contribution in [-0.4, -0.2) is 0 Å². The fraction of sp³-hybridized carbons (Fsp3) is 0.214. The summed E-state index contributed by atoms with van der Waals surface area (Å²) in [5.41, 5.74) is 3.03. The molecule has 0 aliphatic heterocycles. The van der Waals surface area contributed by atoms with Gasteiger partial charge in [-0.05, 0) is 23.6 Å². The van der Waals surface area contributed by atoms with Crippen LogP contribution in [0.5, 0.6) is 0 Å². The molecule has 1 heterocycles. The van der Waals surface area contributed by atoms with Crippen LogP contribution in [0.4, 0.5) is 0 Å². The highest BCUT2D eigenvalue weighted by Gasteiger charge is 1.98. The standard InChI is InChI=1S/C14H14O2/c1-2-3-11-4-6-12(7-5-11)13-8-9-14(15)16-10-13/h4-10H,2-3H2,1H3. The Morgan fingerprint density at radius 1 is 1.00 bits per heavy atom. The molecule has 2 nitrogen and oxygen atoms in total. The van der Waals surface area contributed by atoms with Gasteiger partial charge in [0, 0.05) is 11.6 Å². The van der Waals surface area contributed by atoms with Crippen molar-refractivity contribution in [2.24, 2.45) is 0 Å². The van der Waals surface area contributed by atoms with Gasteiger partial charge in [0.05, 0.1) is 0 Å². The zero-order valence-electron chi connectivity index (χ0n) is 9.27. The molecule has 2 rings (SSSR count). The third-order valence-corrected chi connectivity index (χ3v) is 2.53. The van der Waals surface area contributed by atoms with Crippen LogP contribution in [0.3, 0.4) is 0 Å². The van der Waals surface area contributed by atoms with Gasteiger partial charge in [0.25, 0.3) is 0 Å². The minimum Gasteiger partial charge on any atom is -0.431 e. The summed E-state index contributed by atoms with van der Waals surface area (Å²) < 4.78 is 4.83. The average Bonchev–Trinajstić information content (AvgIpc) is 2.32. The summed E-state index contributed by atoms with van der Waals surface area (Å²) in [6.45, 7) is 2.17. The highest BCUT2D eigenvalue weighted by atomic mass is 16.4. The second-order valence-corrected chi connectivity index (χ2v) is 3.79. The van der Waals surface area contributed by atoms with E-state index in [4.69, 9.17) is 4.42 Å². The Labute approximate surface area is 94.5 Å². The van der Waals surface area contributed by atoms with Gasteiger partial charge in [-0.25, -0.2) is 4.79 Å². The first kappa shape index (κ1) is 10.7. The molecule has 0 bridgehead atoms. The summed E-state index contributed by atoms with van der Waals surface area (Å²) in [5, 5.41) is 0. The maximum absolute atomic E-state index is 10.8. The van der Waals surface area contributed by atoms with E-state index in [0.717, 1.165) is 24.0 Å². The van der Waals surface area contributed by atoms with Crippen molar-refractivity contribution in [2.75, 3.05) is 0 Å². The van der Waals surface area contributed by atoms with Crippen molar-refractivity contribution in [2.45, 2.75) is 19.8 Å². The van der Waals surface area contributed by atoms with Gasteiger partial charge >= 0.3 is 5.63 Å². The quantitative estimate of drug-likeness (QED) is 0.785. The van der Waals surface area contributed by atoms with Crippen molar-refractivity contribution in [1.29, 1.82) is 0 Å². The number of rotatable bonds is 3. The van der Waals surface area contributed by atoms with E-state index in [9.17, 15) is 4.79 Å². The maximum Gasteiger partial charge on any atom is 0.335 e. The number of hydrogen-bond acceptors (Lipinski definition) is 2. The van der Waals surface area contributed by atoms with Gasteiger partial charge < -0.3 is 4.42 Å². The van der Waals surface area contributed by atoms with Crippen LogP contribution >= 0.6 is 0 Å². The topological polar surface area (TPSA) is 30.2 Å². The van der Waals surface area contributed by atoms with E-state index in [1.807, 2.05) is 0 Å². The van der Waals surface area contributed by atoms with E-state index in [0.29, 0.717) is 0 Å². The lowest BCUT2D eigenvalue weighted by molar-refractivity contribution is 0.512. The van der Waals surface area contributed by atoms with Crippen molar-refractivity contribution in [3.05, 3.63) is 58.6 Å². The highest BCUT2D eigenvalue weighted by molar-refractivity contribution is 5.61. The largest absolute Gasteiger partial charge is 0.431 e. The molecule has 0 amide bonds. The van der Waals surface area contributed by atoms with Gasteiger partial charge in [-0.1, -0.05) is 37.6 Å². The summed E-state index contributed by atoms with van der Waals surface area (Å²) in [7, 11) is 0. The molecule has 16 heavy (non-hydrogen) atoms. The minimum atomic E-state index is -0.314. The van der Waals surface area contributed by atoms with Gasteiger partial charge in [-0.3, -0.25) is 0 Å². The van der Waals surface area contributed by atoms with Crippen molar-refractivity contribution >= 4 is 0 Å². The van der Waals surface area contributed by atoms with Gasteiger partial charge in [-0.15, -0.1) is 0 Å². The Balaban J connectivity index is 2.27. The summed E-state index contributed by atoms with van der Waals surface area (Å²) in [5.74, 6) is 0. The SMILES string of the molecule is CCCc1ccc(-c2ccc(=O)oc2)cc1. The molecule has 0 aliphatic carbocycles. The van der Waals surface area contributed by atoms with Crippen LogP contribution in [0.15, 0.2) is 51.9 Å². The lowest BCUT2D eigenvalue weighted by Gasteiger charge is -2.02. The molecule has 0 unspecified atom stereocenters. The predicted octanol–water partition coefficient (Wildman–Crippen LogP) is 3.26. The van der Waals surface area contributed by atoms with Crippen LogP contribution < -0.4 is 5.63 Å². The molecule has 0 spiro atoms. The van der Waals surface area contributed by atoms with Gasteiger partial charge in [0.15, 0.2) is 0 Å². The van der Waals surface area contributed by atoms with Crippen molar-refractivity contribution < 1.29 is 4.42 Å². The molecule has 0 N–H and O–H groups in total. The van der Waals surface area contributed by atoms with Crippen LogP contribution in [0.2, 0.25) is 0 Å². The maximum atomic E-state index is 10.8. The lowest BCUT2D eigenvalue weighted by atomic mass is 10.0. The van der Waals surface area contributed by atoms with Gasteiger partial charge in [-0.2, -0.15) is 0 Å². The van der Waals surface area contributed by atoms with E-state index in [1.54, 1.807) is 6.07 Å². The van der Waals surface area contributed by atoms with Crippen LogP contribution in [-0.2, 0) is 6.42 Å². The Bertz CT molecular complexity index is 489. The molecule has 82 valence electrons. The molecule has 0 fully saturated rings. The van der Waals surface area contributed by atoms with Gasteiger partial charge in [0.1, 0.15) is 6.26 Å². The molecule has 1 aromatic carbocycles. The molecule has 0 atom stereocenters. The van der Waals surface area contributed by atoms with Crippen LogP contribution in [0.1, 0.15) is 18.9 Å². The first-order valence-electron chi connectivity index (χ1n) is 5.48. The molecule has 0 radical (unpaired) electrons. The third-order valence-electron chi connectivity index (χ3n) is 2.53. The van der Waals surface area contributed by atoms with E-state index < -0.39 is 0 Å². The second-order valence-electron chi connectivity index (χ2n) is 3.79. The van der Waals surface area contributed by atoms with E-state index in [-0.39, 0.29) is 5.63 Å². The first-order chi connectivity index (χ1) is 7.79. The Morgan fingerprint density at radius 3 is 2.25 bits per heavy atom. The van der Waals surface area contributed by atoms with Crippen LogP contribution in [0, 0.1) is 0 Å². The first-order valence-corrected chi connectivity index (χ1v) is 5.48. The monoisotopic (exact) mass is 214 g/mol. The summed E-state index contributed by atoms with van der Waals surface area (Å²) >= 11 is 0. The highest BCUT2D eigenvalue weighted by Crippen LogP contribution is 2.18. The van der Waals surface area contributed by atoms with E-state index in [2.05, 4.69) is 31.2 Å². The average molecular weight is 214 g/mol. The molecule has 2 heteroatoms. The molecule has 0 aliphatic rings. The minimum absolute atomic E-state index is 0.314. The summed E-state index contributed by atoms with van der Waals surface area (Å²) in [6, 6.07) is 11.6. The number of benzene rings is 1. The zero-order valence-corrected chi connectivity index (χ0v) is 9.27. The number of aryl methyl sites for hydroxylation is 1. The molecular formula is C14H14O2. The predicted molar refractivity (Wildman–Crippen MR) is 64.4 cm³/mol. The molecule has 2 aromatic rings. The fourth-order valence-electron chi connectivity index (χ4n) is 1.67. The van der Waals surface area contributed by atoms with Crippen molar-refractivity contribution in [3.63, 3.8) is 0 Å². The Morgan fingerprint density at radius 2 is 1.69 bits per heavy atom. The normalized spacial score (nSPS) is 10.3. The second kappa shape index (κ2) is 4.79. The fourth-order valence-corrected chi connectivity index (χ4v) is 1.67. The van der Waals surface area contributed by atoms with E-state index in [1.165, 1.54) is 17.9 Å². The molecule has 0 saturated heterocycles. The van der Waals surface area contributed by atoms with Crippen molar-refractivity contribution in [3.8, 4) is 11.1 Å². The molecular weight excluding hydrogens is 200 g/mol. The number of hydrogen-bond donors (Lipinski definition) is 0. The lowest BCUT2D eigenvalue weighted by Crippen LogP contribution is -1.93. The van der Waals surface area contributed by atoms with E-state index >= 15 is 0 Å². The smallest absolute Gasteiger partial charge is 0.335 e. The zero-order chi connectivity index (χ0) is 11.4. The third kappa shape index (κ3) is 2.40. The Hall–Kier alpha value is -1.83.